The molecule has 0 bridgehead atoms. The first kappa shape index (κ1) is 16.7. The Balaban J connectivity index is 1.91. The highest BCUT2D eigenvalue weighted by molar-refractivity contribution is 6.03. The second kappa shape index (κ2) is 8.09. The Bertz CT molecular complexity index is 621. The van der Waals surface area contributed by atoms with Crippen molar-refractivity contribution in [2.45, 2.75) is 18.9 Å². The van der Waals surface area contributed by atoms with Gasteiger partial charge in [0.15, 0.2) is 0 Å². The Morgan fingerprint density at radius 3 is 2.83 bits per heavy atom. The molecule has 122 valence electrons. The number of anilines is 1. The molecule has 1 aromatic carbocycles. The number of amides is 2. The summed E-state index contributed by atoms with van der Waals surface area (Å²) < 4.78 is 5.43. The zero-order valence-corrected chi connectivity index (χ0v) is 12.5. The van der Waals surface area contributed by atoms with Crippen LogP contribution in [0.3, 0.4) is 0 Å². The van der Waals surface area contributed by atoms with Gasteiger partial charge in [-0.1, -0.05) is 6.07 Å². The number of aliphatic carboxylic acids is 1. The predicted octanol–water partition coefficient (Wildman–Crippen LogP) is 1.17. The molecule has 1 aromatic rings. The molecule has 0 aliphatic carbocycles. The highest BCUT2D eigenvalue weighted by Crippen LogP contribution is 2.13. The Morgan fingerprint density at radius 1 is 1.30 bits per heavy atom. The van der Waals surface area contributed by atoms with Gasteiger partial charge in [-0.2, -0.15) is 0 Å². The Morgan fingerprint density at radius 2 is 2.13 bits per heavy atom. The minimum atomic E-state index is -1.21. The molecule has 23 heavy (non-hydrogen) atoms. The van der Waals surface area contributed by atoms with E-state index in [9.17, 15) is 14.4 Å². The number of hydrogen-bond donors (Lipinski definition) is 3. The van der Waals surface area contributed by atoms with E-state index in [0.717, 1.165) is 31.6 Å². The monoisotopic (exact) mass is 318 g/mol. The van der Waals surface area contributed by atoms with Crippen molar-refractivity contribution in [2.75, 3.05) is 18.5 Å². The van der Waals surface area contributed by atoms with Gasteiger partial charge in [0.05, 0.1) is 6.10 Å². The van der Waals surface area contributed by atoms with E-state index in [1.807, 2.05) is 0 Å². The lowest BCUT2D eigenvalue weighted by molar-refractivity contribution is -0.131. The SMILES string of the molecule is O=C(O)C=CC(=O)Nc1cccc(C(=O)NCC2CCCO2)c1. The first-order valence-corrected chi connectivity index (χ1v) is 7.26. The molecule has 2 rings (SSSR count). The summed E-state index contributed by atoms with van der Waals surface area (Å²) in [5.74, 6) is -2.04. The van der Waals surface area contributed by atoms with Crippen LogP contribution >= 0.6 is 0 Å². The third kappa shape index (κ3) is 5.55. The van der Waals surface area contributed by atoms with Gasteiger partial charge in [-0.3, -0.25) is 9.59 Å². The maximum atomic E-state index is 12.1. The van der Waals surface area contributed by atoms with Gasteiger partial charge in [-0.05, 0) is 31.0 Å². The average molecular weight is 318 g/mol. The number of benzene rings is 1. The van der Waals surface area contributed by atoms with E-state index in [-0.39, 0.29) is 12.0 Å². The Hall–Kier alpha value is -2.67. The highest BCUT2D eigenvalue weighted by Gasteiger charge is 2.16. The van der Waals surface area contributed by atoms with Gasteiger partial charge in [0.25, 0.3) is 5.91 Å². The van der Waals surface area contributed by atoms with E-state index in [1.54, 1.807) is 18.2 Å². The van der Waals surface area contributed by atoms with Gasteiger partial charge < -0.3 is 20.5 Å². The lowest BCUT2D eigenvalue weighted by Crippen LogP contribution is -2.31. The number of carbonyl (C=O) groups is 3. The maximum absolute atomic E-state index is 12.1. The molecule has 3 N–H and O–H groups in total. The second-order valence-electron chi connectivity index (χ2n) is 5.09. The highest BCUT2D eigenvalue weighted by atomic mass is 16.5. The van der Waals surface area contributed by atoms with E-state index in [2.05, 4.69) is 10.6 Å². The molecule has 1 aliphatic heterocycles. The van der Waals surface area contributed by atoms with Crippen LogP contribution in [0.2, 0.25) is 0 Å². The summed E-state index contributed by atoms with van der Waals surface area (Å²) in [5.41, 5.74) is 0.817. The second-order valence-corrected chi connectivity index (χ2v) is 5.09. The fraction of sp³-hybridized carbons (Fsp3) is 0.312. The van der Waals surface area contributed by atoms with Crippen molar-refractivity contribution in [3.63, 3.8) is 0 Å². The number of carboxylic acid groups (broad SMARTS) is 1. The molecule has 1 atom stereocenters. The molecule has 0 saturated carbocycles. The molecule has 7 heteroatoms. The van der Waals surface area contributed by atoms with Crippen molar-refractivity contribution in [3.8, 4) is 0 Å². The minimum Gasteiger partial charge on any atom is -0.478 e. The number of carboxylic acids is 1. The average Bonchev–Trinajstić information content (AvgIpc) is 3.04. The summed E-state index contributed by atoms with van der Waals surface area (Å²) in [7, 11) is 0. The molecule has 0 spiro atoms. The van der Waals surface area contributed by atoms with Crippen LogP contribution in [0.5, 0.6) is 0 Å². The topological polar surface area (TPSA) is 105 Å². The van der Waals surface area contributed by atoms with Gasteiger partial charge in [0, 0.05) is 36.6 Å². The van der Waals surface area contributed by atoms with E-state index in [0.29, 0.717) is 17.8 Å². The van der Waals surface area contributed by atoms with Crippen LogP contribution < -0.4 is 10.6 Å². The van der Waals surface area contributed by atoms with Crippen LogP contribution in [0.15, 0.2) is 36.4 Å². The molecule has 0 radical (unpaired) electrons. The van der Waals surface area contributed by atoms with Crippen molar-refractivity contribution in [1.82, 2.24) is 5.32 Å². The molecule has 1 saturated heterocycles. The molecule has 1 aliphatic rings. The van der Waals surface area contributed by atoms with E-state index >= 15 is 0 Å². The number of hydrogen-bond acceptors (Lipinski definition) is 4. The number of carbonyl (C=O) groups excluding carboxylic acids is 2. The fourth-order valence-electron chi connectivity index (χ4n) is 2.18. The van der Waals surface area contributed by atoms with Gasteiger partial charge in [0.2, 0.25) is 5.91 Å². The zero-order valence-electron chi connectivity index (χ0n) is 12.5. The summed E-state index contributed by atoms with van der Waals surface area (Å²) in [6.07, 6.45) is 3.65. The predicted molar refractivity (Wildman–Crippen MR) is 83.2 cm³/mol. The molecule has 1 heterocycles. The Kier molecular flexibility index (Phi) is 5.87. The number of nitrogens with one attached hydrogen (secondary N) is 2. The van der Waals surface area contributed by atoms with E-state index in [1.165, 1.54) is 6.07 Å². The maximum Gasteiger partial charge on any atom is 0.328 e. The standard InChI is InChI=1S/C16H18N2O5/c19-14(6-7-15(20)21)18-12-4-1-3-11(9-12)16(22)17-10-13-5-2-8-23-13/h1,3-4,6-7,9,13H,2,5,8,10H2,(H,17,22)(H,18,19)(H,20,21). The van der Waals surface area contributed by atoms with Gasteiger partial charge in [0.1, 0.15) is 0 Å². The third-order valence-electron chi connectivity index (χ3n) is 3.28. The third-order valence-corrected chi connectivity index (χ3v) is 3.28. The summed E-state index contributed by atoms with van der Waals surface area (Å²) in [6, 6.07) is 6.41. The largest absolute Gasteiger partial charge is 0.478 e. The first-order valence-electron chi connectivity index (χ1n) is 7.26. The molecule has 2 amide bonds. The molecule has 1 unspecified atom stereocenters. The van der Waals surface area contributed by atoms with Crippen LogP contribution in [0.1, 0.15) is 23.2 Å². The van der Waals surface area contributed by atoms with Crippen molar-refractivity contribution >= 4 is 23.5 Å². The van der Waals surface area contributed by atoms with Crippen LogP contribution in [-0.2, 0) is 14.3 Å². The molecule has 1 fully saturated rings. The smallest absolute Gasteiger partial charge is 0.328 e. The van der Waals surface area contributed by atoms with Crippen molar-refractivity contribution < 1.29 is 24.2 Å². The molecular weight excluding hydrogens is 300 g/mol. The number of ether oxygens (including phenoxy) is 1. The normalized spacial score (nSPS) is 17.1. The zero-order chi connectivity index (χ0) is 16.7. The van der Waals surface area contributed by atoms with Crippen LogP contribution in [0, 0.1) is 0 Å². The van der Waals surface area contributed by atoms with E-state index in [4.69, 9.17) is 9.84 Å². The quantitative estimate of drug-likeness (QED) is 0.683. The minimum absolute atomic E-state index is 0.0583. The summed E-state index contributed by atoms with van der Waals surface area (Å²) in [6.45, 7) is 1.18. The lowest BCUT2D eigenvalue weighted by Gasteiger charge is -2.11. The molecular formula is C16H18N2O5. The summed E-state index contributed by atoms with van der Waals surface area (Å²) >= 11 is 0. The van der Waals surface area contributed by atoms with Gasteiger partial charge in [-0.15, -0.1) is 0 Å². The van der Waals surface area contributed by atoms with Crippen molar-refractivity contribution in [2.24, 2.45) is 0 Å². The van der Waals surface area contributed by atoms with Gasteiger partial charge >= 0.3 is 5.97 Å². The Labute approximate surface area is 133 Å². The van der Waals surface area contributed by atoms with E-state index < -0.39 is 11.9 Å². The fourth-order valence-corrected chi connectivity index (χ4v) is 2.18. The van der Waals surface area contributed by atoms with Crippen molar-refractivity contribution in [3.05, 3.63) is 42.0 Å². The van der Waals surface area contributed by atoms with Crippen LogP contribution in [-0.4, -0.2) is 42.1 Å². The van der Waals surface area contributed by atoms with Crippen molar-refractivity contribution in [1.29, 1.82) is 0 Å². The summed E-state index contributed by atoms with van der Waals surface area (Å²) in [4.78, 5) is 34.0. The molecule has 0 aromatic heterocycles. The van der Waals surface area contributed by atoms with Crippen LogP contribution in [0.25, 0.3) is 0 Å². The molecule has 7 nitrogen and oxygen atoms in total. The first-order chi connectivity index (χ1) is 11.0. The number of rotatable bonds is 6. The van der Waals surface area contributed by atoms with Crippen LogP contribution in [0.4, 0.5) is 5.69 Å². The lowest BCUT2D eigenvalue weighted by atomic mass is 10.1. The summed E-state index contributed by atoms with van der Waals surface area (Å²) in [5, 5.41) is 13.8. The van der Waals surface area contributed by atoms with Gasteiger partial charge in [-0.25, -0.2) is 4.79 Å².